The third-order valence-corrected chi connectivity index (χ3v) is 0.0825. The second-order valence-corrected chi connectivity index (χ2v) is 1.84. The van der Waals surface area contributed by atoms with Crippen LogP contribution in [0.1, 0.15) is 0 Å². The number of halogens is 5. The maximum atomic E-state index is 10.2. The molecule has 0 saturated heterocycles. The highest BCUT2D eigenvalue weighted by atomic mass is 35.5. The summed E-state index contributed by atoms with van der Waals surface area (Å²) < 4.78 is 30.8. The van der Waals surface area contributed by atoms with Crippen molar-refractivity contribution in [3.05, 3.63) is 23.5 Å². The standard InChI is InChI=1S/C2H2Cl2.C2HF3/c1-2(3)4;3-1-2(4)5/h1H2;1H. The summed E-state index contributed by atoms with van der Waals surface area (Å²) in [5.74, 6) is 0. The van der Waals surface area contributed by atoms with E-state index in [1.54, 1.807) is 0 Å². The first kappa shape index (κ1) is 11.6. The Labute approximate surface area is 60.6 Å². The first-order valence-corrected chi connectivity index (χ1v) is 2.37. The second-order valence-electron chi connectivity index (χ2n) is 0.737. The minimum atomic E-state index is -2.29. The van der Waals surface area contributed by atoms with Crippen molar-refractivity contribution in [1.82, 2.24) is 0 Å². The zero-order chi connectivity index (χ0) is 7.86. The lowest BCUT2D eigenvalue weighted by atomic mass is 11.1. The molecule has 0 fully saturated rings. The van der Waals surface area contributed by atoms with Gasteiger partial charge in [0.25, 0.3) is 6.08 Å². The predicted octanol–water partition coefficient (Wildman–Crippen LogP) is 3.63. The summed E-state index contributed by atoms with van der Waals surface area (Å²) in [7, 11) is 0. The van der Waals surface area contributed by atoms with Gasteiger partial charge in [0, 0.05) is 0 Å². The summed E-state index contributed by atoms with van der Waals surface area (Å²) in [6.45, 7) is 3.09. The van der Waals surface area contributed by atoms with Crippen molar-refractivity contribution in [3.8, 4) is 0 Å². The average molecular weight is 179 g/mol. The van der Waals surface area contributed by atoms with Gasteiger partial charge in [-0.25, -0.2) is 4.39 Å². The van der Waals surface area contributed by atoms with E-state index in [-0.39, 0.29) is 4.49 Å². The van der Waals surface area contributed by atoms with Gasteiger partial charge in [0.1, 0.15) is 0 Å². The van der Waals surface area contributed by atoms with Crippen LogP contribution in [0, 0.1) is 0 Å². The van der Waals surface area contributed by atoms with Crippen LogP contribution in [-0.2, 0) is 0 Å². The van der Waals surface area contributed by atoms with Gasteiger partial charge in [-0.3, -0.25) is 0 Å². The Kier molecular flexibility index (Phi) is 10.1. The van der Waals surface area contributed by atoms with Crippen LogP contribution in [0.4, 0.5) is 13.2 Å². The fourth-order valence-electron chi connectivity index (χ4n) is 0. The summed E-state index contributed by atoms with van der Waals surface area (Å²) in [6, 6.07) is 0. The quantitative estimate of drug-likeness (QED) is 0.532. The molecule has 0 nitrogen and oxygen atoms in total. The van der Waals surface area contributed by atoms with Crippen molar-refractivity contribution < 1.29 is 13.2 Å². The molecule has 0 radical (unpaired) electrons. The van der Waals surface area contributed by atoms with E-state index in [0.717, 1.165) is 0 Å². The lowest BCUT2D eigenvalue weighted by molar-refractivity contribution is 0.400. The van der Waals surface area contributed by atoms with E-state index >= 15 is 0 Å². The molecule has 0 rings (SSSR count). The van der Waals surface area contributed by atoms with Crippen LogP contribution in [0.15, 0.2) is 23.5 Å². The minimum absolute atomic E-state index is 0.111. The second kappa shape index (κ2) is 7.85. The predicted molar refractivity (Wildman–Crippen MR) is 32.3 cm³/mol. The molecule has 0 aromatic rings. The van der Waals surface area contributed by atoms with Crippen LogP contribution in [0.5, 0.6) is 0 Å². The van der Waals surface area contributed by atoms with E-state index in [9.17, 15) is 13.2 Å². The Hall–Kier alpha value is -0.150. The van der Waals surface area contributed by atoms with Gasteiger partial charge < -0.3 is 0 Å². The van der Waals surface area contributed by atoms with Crippen LogP contribution in [0.25, 0.3) is 0 Å². The maximum Gasteiger partial charge on any atom is 0.298 e. The number of hydrogen-bond donors (Lipinski definition) is 0. The molecule has 5 heteroatoms. The summed E-state index contributed by atoms with van der Waals surface area (Å²) in [5, 5.41) is 0. The zero-order valence-corrected chi connectivity index (χ0v) is 5.69. The van der Waals surface area contributed by atoms with Crippen molar-refractivity contribution in [2.45, 2.75) is 0 Å². The first-order chi connectivity index (χ1) is 4.00. The molecule has 0 atom stereocenters. The third-order valence-electron chi connectivity index (χ3n) is 0.0825. The molecule has 0 spiro atoms. The molecule has 0 saturated carbocycles. The topological polar surface area (TPSA) is 0 Å². The van der Waals surface area contributed by atoms with Gasteiger partial charge in [-0.05, 0) is 0 Å². The minimum Gasteiger partial charge on any atom is -0.210 e. The fraction of sp³-hybridized carbons (Fsp3) is 0. The van der Waals surface area contributed by atoms with Gasteiger partial charge in [-0.2, -0.15) is 8.78 Å². The SMILES string of the molecule is C=C(Cl)Cl.FC=C(F)F. The Morgan fingerprint density at radius 3 is 1.44 bits per heavy atom. The van der Waals surface area contributed by atoms with Crippen LogP contribution >= 0.6 is 23.2 Å². The van der Waals surface area contributed by atoms with Gasteiger partial charge in [0.15, 0.2) is 6.33 Å². The molecule has 0 aliphatic rings. The van der Waals surface area contributed by atoms with E-state index < -0.39 is 12.4 Å². The third kappa shape index (κ3) is 78.5. The summed E-state index contributed by atoms with van der Waals surface area (Å²) in [4.78, 5) is 0. The van der Waals surface area contributed by atoms with Crippen LogP contribution < -0.4 is 0 Å². The van der Waals surface area contributed by atoms with Crippen molar-refractivity contribution in [1.29, 1.82) is 0 Å². The maximum absolute atomic E-state index is 10.2. The van der Waals surface area contributed by atoms with E-state index in [1.807, 2.05) is 0 Å². The van der Waals surface area contributed by atoms with Crippen molar-refractivity contribution in [2.75, 3.05) is 0 Å². The normalized spacial score (nSPS) is 6.78. The molecule has 9 heavy (non-hydrogen) atoms. The summed E-state index contributed by atoms with van der Waals surface area (Å²) >= 11 is 9.69. The van der Waals surface area contributed by atoms with Crippen molar-refractivity contribution >= 4 is 23.2 Å². The van der Waals surface area contributed by atoms with Gasteiger partial charge in [-0.1, -0.05) is 29.8 Å². The van der Waals surface area contributed by atoms with Crippen LogP contribution in [0.2, 0.25) is 0 Å². The molecule has 0 aromatic heterocycles. The first-order valence-electron chi connectivity index (χ1n) is 1.62. The molecule has 54 valence electrons. The summed E-state index contributed by atoms with van der Waals surface area (Å²) in [6.07, 6.45) is -3.04. The molecular formula is C4H3Cl2F3. The number of hydrogen-bond acceptors (Lipinski definition) is 0. The molecule has 0 aromatic carbocycles. The Morgan fingerprint density at radius 2 is 1.44 bits per heavy atom. The van der Waals surface area contributed by atoms with E-state index in [2.05, 4.69) is 6.58 Å². The Bertz CT molecular complexity index is 102. The monoisotopic (exact) mass is 178 g/mol. The molecule has 0 N–H and O–H groups in total. The molecule has 0 aliphatic carbocycles. The largest absolute Gasteiger partial charge is 0.298 e. The van der Waals surface area contributed by atoms with E-state index in [0.29, 0.717) is 0 Å². The Morgan fingerprint density at radius 1 is 1.33 bits per heavy atom. The van der Waals surface area contributed by atoms with Crippen LogP contribution in [0.3, 0.4) is 0 Å². The molecule has 0 heterocycles. The summed E-state index contributed by atoms with van der Waals surface area (Å²) in [5.41, 5.74) is 0. The smallest absolute Gasteiger partial charge is 0.210 e. The highest BCUT2D eigenvalue weighted by Crippen LogP contribution is 1.98. The molecule has 0 aliphatic heterocycles. The highest BCUT2D eigenvalue weighted by Gasteiger charge is 1.78. The van der Waals surface area contributed by atoms with E-state index in [1.165, 1.54) is 0 Å². The molecular weight excluding hydrogens is 176 g/mol. The van der Waals surface area contributed by atoms with Crippen LogP contribution in [-0.4, -0.2) is 0 Å². The van der Waals surface area contributed by atoms with Gasteiger partial charge in [0.05, 0.1) is 4.49 Å². The number of rotatable bonds is 0. The molecule has 0 amide bonds. The van der Waals surface area contributed by atoms with Gasteiger partial charge in [-0.15, -0.1) is 0 Å². The zero-order valence-electron chi connectivity index (χ0n) is 4.17. The molecule has 0 unspecified atom stereocenters. The van der Waals surface area contributed by atoms with Crippen molar-refractivity contribution in [2.24, 2.45) is 0 Å². The van der Waals surface area contributed by atoms with Crippen molar-refractivity contribution in [3.63, 3.8) is 0 Å². The van der Waals surface area contributed by atoms with E-state index in [4.69, 9.17) is 23.2 Å². The fourth-order valence-corrected chi connectivity index (χ4v) is 0. The lowest BCUT2D eigenvalue weighted by Gasteiger charge is -1.59. The Balaban J connectivity index is 0. The lowest BCUT2D eigenvalue weighted by Crippen LogP contribution is -1.42. The van der Waals surface area contributed by atoms with Gasteiger partial charge >= 0.3 is 0 Å². The highest BCUT2D eigenvalue weighted by molar-refractivity contribution is 6.55. The molecule has 0 bridgehead atoms. The van der Waals surface area contributed by atoms with Gasteiger partial charge in [0.2, 0.25) is 0 Å². The average Bonchev–Trinajstić information content (AvgIpc) is 1.65.